The summed E-state index contributed by atoms with van der Waals surface area (Å²) in [5.74, 6) is -0.584. The van der Waals surface area contributed by atoms with Crippen LogP contribution in [0.3, 0.4) is 0 Å². The van der Waals surface area contributed by atoms with E-state index in [1.54, 1.807) is 13.8 Å². The van der Waals surface area contributed by atoms with Crippen LogP contribution in [0.1, 0.15) is 31.4 Å². The Balaban J connectivity index is 2.67. The van der Waals surface area contributed by atoms with Crippen molar-refractivity contribution in [2.45, 2.75) is 38.8 Å². The Morgan fingerprint density at radius 2 is 1.79 bits per heavy atom. The Hall–Kier alpha value is -1.88. The van der Waals surface area contributed by atoms with Gasteiger partial charge in [-0.1, -0.05) is 24.3 Å². The predicted molar refractivity (Wildman–Crippen MR) is 74.1 cm³/mol. The molecule has 5 heteroatoms. The lowest BCUT2D eigenvalue weighted by Gasteiger charge is -2.25. The van der Waals surface area contributed by atoms with Gasteiger partial charge in [-0.15, -0.1) is 0 Å². The second kappa shape index (κ2) is 6.33. The van der Waals surface area contributed by atoms with Crippen molar-refractivity contribution in [2.24, 2.45) is 11.5 Å². The van der Waals surface area contributed by atoms with Crippen LogP contribution in [0.2, 0.25) is 0 Å². The highest BCUT2D eigenvalue weighted by molar-refractivity contribution is 5.81. The number of carbonyl (C=O) groups excluding carboxylic acids is 2. The van der Waals surface area contributed by atoms with Gasteiger partial charge >= 0.3 is 0 Å². The van der Waals surface area contributed by atoms with Gasteiger partial charge in [0.05, 0.1) is 6.42 Å². The minimum atomic E-state index is -0.638. The number of carbonyl (C=O) groups is 2. The third-order valence-corrected chi connectivity index (χ3v) is 2.78. The fraction of sp³-hybridized carbons (Fsp3) is 0.429. The molecule has 1 rings (SSSR count). The predicted octanol–water partition coefficient (Wildman–Crippen LogP) is 0.458. The van der Waals surface area contributed by atoms with Gasteiger partial charge in [0, 0.05) is 18.5 Å². The molecule has 0 saturated heterocycles. The molecule has 1 aromatic carbocycles. The van der Waals surface area contributed by atoms with E-state index in [0.29, 0.717) is 6.54 Å². The molecule has 1 aromatic rings. The Bertz CT molecular complexity index is 470. The first-order chi connectivity index (χ1) is 8.84. The highest BCUT2D eigenvalue weighted by atomic mass is 16.2. The van der Waals surface area contributed by atoms with Crippen molar-refractivity contribution in [1.82, 2.24) is 5.32 Å². The largest absolute Gasteiger partial charge is 0.370 e. The molecule has 0 fully saturated rings. The molecular formula is C14H21N3O2. The maximum Gasteiger partial charge on any atom is 0.224 e. The van der Waals surface area contributed by atoms with E-state index in [2.05, 4.69) is 5.32 Å². The summed E-state index contributed by atoms with van der Waals surface area (Å²) in [6, 6.07) is 7.54. The standard InChI is InChI=1S/C14H21N3O2/c1-14(2,8-12(16)18)17-13(19)7-10-5-3-4-6-11(10)9-15/h3-6H,7-9,15H2,1-2H3,(H2,16,18)(H,17,19). The van der Waals surface area contributed by atoms with Gasteiger partial charge in [0.25, 0.3) is 0 Å². The van der Waals surface area contributed by atoms with Gasteiger partial charge in [0.2, 0.25) is 11.8 Å². The fourth-order valence-corrected chi connectivity index (χ4v) is 2.00. The molecule has 0 atom stereocenters. The first-order valence-electron chi connectivity index (χ1n) is 6.20. The van der Waals surface area contributed by atoms with Crippen molar-refractivity contribution < 1.29 is 9.59 Å². The third kappa shape index (κ3) is 5.09. The molecule has 5 N–H and O–H groups in total. The lowest BCUT2D eigenvalue weighted by Crippen LogP contribution is -2.46. The van der Waals surface area contributed by atoms with Crippen molar-refractivity contribution in [1.29, 1.82) is 0 Å². The van der Waals surface area contributed by atoms with E-state index in [9.17, 15) is 9.59 Å². The summed E-state index contributed by atoms with van der Waals surface area (Å²) in [4.78, 5) is 22.9. The molecule has 0 radical (unpaired) electrons. The van der Waals surface area contributed by atoms with E-state index in [-0.39, 0.29) is 18.7 Å². The van der Waals surface area contributed by atoms with Crippen molar-refractivity contribution in [3.05, 3.63) is 35.4 Å². The van der Waals surface area contributed by atoms with Crippen molar-refractivity contribution in [3.63, 3.8) is 0 Å². The second-order valence-electron chi connectivity index (χ2n) is 5.22. The van der Waals surface area contributed by atoms with Gasteiger partial charge in [-0.2, -0.15) is 0 Å². The highest BCUT2D eigenvalue weighted by Crippen LogP contribution is 2.11. The topological polar surface area (TPSA) is 98.2 Å². The van der Waals surface area contributed by atoms with Crippen LogP contribution in [-0.4, -0.2) is 17.4 Å². The maximum atomic E-state index is 12.0. The minimum absolute atomic E-state index is 0.108. The maximum absolute atomic E-state index is 12.0. The third-order valence-electron chi connectivity index (χ3n) is 2.78. The molecule has 0 saturated carbocycles. The number of nitrogens with two attached hydrogens (primary N) is 2. The average molecular weight is 263 g/mol. The van der Waals surface area contributed by atoms with Gasteiger partial charge in [-0.3, -0.25) is 9.59 Å². The Morgan fingerprint density at radius 1 is 1.21 bits per heavy atom. The van der Waals surface area contributed by atoms with Gasteiger partial charge < -0.3 is 16.8 Å². The zero-order valence-corrected chi connectivity index (χ0v) is 11.4. The van der Waals surface area contributed by atoms with Gasteiger partial charge in [0.1, 0.15) is 0 Å². The molecule has 0 unspecified atom stereocenters. The van der Waals surface area contributed by atoms with Gasteiger partial charge in [-0.25, -0.2) is 0 Å². The molecular weight excluding hydrogens is 242 g/mol. The van der Waals surface area contributed by atoms with Crippen LogP contribution in [0.25, 0.3) is 0 Å². The summed E-state index contributed by atoms with van der Waals surface area (Å²) in [5, 5.41) is 2.81. The first kappa shape index (κ1) is 15.2. The van der Waals surface area contributed by atoms with E-state index in [4.69, 9.17) is 11.5 Å². The van der Waals surface area contributed by atoms with Gasteiger partial charge in [-0.05, 0) is 25.0 Å². The van der Waals surface area contributed by atoms with E-state index in [1.807, 2.05) is 24.3 Å². The Kier molecular flexibility index (Phi) is 5.06. The molecule has 19 heavy (non-hydrogen) atoms. The number of primary amides is 1. The van der Waals surface area contributed by atoms with Crippen LogP contribution in [0.15, 0.2) is 24.3 Å². The van der Waals surface area contributed by atoms with Crippen LogP contribution in [0.5, 0.6) is 0 Å². The molecule has 0 aliphatic carbocycles. The number of nitrogens with one attached hydrogen (secondary N) is 1. The Morgan fingerprint density at radius 3 is 2.32 bits per heavy atom. The van der Waals surface area contributed by atoms with E-state index < -0.39 is 11.4 Å². The van der Waals surface area contributed by atoms with Crippen LogP contribution < -0.4 is 16.8 Å². The van der Waals surface area contributed by atoms with Crippen molar-refractivity contribution in [3.8, 4) is 0 Å². The monoisotopic (exact) mass is 263 g/mol. The van der Waals surface area contributed by atoms with Crippen molar-refractivity contribution in [2.75, 3.05) is 0 Å². The molecule has 0 aliphatic rings. The molecule has 0 bridgehead atoms. The normalized spacial score (nSPS) is 11.1. The minimum Gasteiger partial charge on any atom is -0.370 e. The first-order valence-corrected chi connectivity index (χ1v) is 6.20. The summed E-state index contributed by atoms with van der Waals surface area (Å²) in [5.41, 5.74) is 12.0. The number of rotatable bonds is 6. The Labute approximate surface area is 113 Å². The number of amides is 2. The van der Waals surface area contributed by atoms with Crippen LogP contribution in [-0.2, 0) is 22.6 Å². The van der Waals surface area contributed by atoms with E-state index >= 15 is 0 Å². The SMILES string of the molecule is CC(C)(CC(N)=O)NC(=O)Cc1ccccc1CN. The van der Waals surface area contributed by atoms with Crippen LogP contribution in [0, 0.1) is 0 Å². The summed E-state index contributed by atoms with van der Waals surface area (Å²) in [6.07, 6.45) is 0.354. The smallest absolute Gasteiger partial charge is 0.224 e. The molecule has 2 amide bonds. The summed E-state index contributed by atoms with van der Waals surface area (Å²) in [6.45, 7) is 3.93. The molecule has 5 nitrogen and oxygen atoms in total. The second-order valence-corrected chi connectivity index (χ2v) is 5.22. The van der Waals surface area contributed by atoms with E-state index in [0.717, 1.165) is 11.1 Å². The summed E-state index contributed by atoms with van der Waals surface area (Å²) >= 11 is 0. The molecule has 0 aromatic heterocycles. The lowest BCUT2D eigenvalue weighted by atomic mass is 9.98. The molecule has 0 spiro atoms. The number of benzene rings is 1. The summed E-state index contributed by atoms with van der Waals surface area (Å²) in [7, 11) is 0. The zero-order valence-electron chi connectivity index (χ0n) is 11.4. The number of hydrogen-bond acceptors (Lipinski definition) is 3. The number of hydrogen-bond donors (Lipinski definition) is 3. The van der Waals surface area contributed by atoms with Gasteiger partial charge in [0.15, 0.2) is 0 Å². The zero-order chi connectivity index (χ0) is 14.5. The lowest BCUT2D eigenvalue weighted by molar-refractivity contribution is -0.123. The van der Waals surface area contributed by atoms with Crippen molar-refractivity contribution >= 4 is 11.8 Å². The molecule has 0 heterocycles. The molecule has 0 aliphatic heterocycles. The van der Waals surface area contributed by atoms with E-state index in [1.165, 1.54) is 0 Å². The summed E-state index contributed by atoms with van der Waals surface area (Å²) < 4.78 is 0. The fourth-order valence-electron chi connectivity index (χ4n) is 2.00. The average Bonchev–Trinajstić information content (AvgIpc) is 2.26. The highest BCUT2D eigenvalue weighted by Gasteiger charge is 2.23. The molecule has 104 valence electrons. The van der Waals surface area contributed by atoms with Crippen LogP contribution in [0.4, 0.5) is 0 Å². The van der Waals surface area contributed by atoms with Crippen LogP contribution >= 0.6 is 0 Å². The quantitative estimate of drug-likeness (QED) is 0.695.